The van der Waals surface area contributed by atoms with E-state index in [1.54, 1.807) is 22.8 Å². The molecule has 0 radical (unpaired) electrons. The number of amides is 1. The van der Waals surface area contributed by atoms with Crippen molar-refractivity contribution in [1.29, 1.82) is 0 Å². The number of aromatic nitrogens is 2. The van der Waals surface area contributed by atoms with Crippen molar-refractivity contribution < 1.29 is 4.79 Å². The molecule has 0 bridgehead atoms. The molecular formula is C22H26ClN3O2S. The van der Waals surface area contributed by atoms with Crippen molar-refractivity contribution in [3.05, 3.63) is 45.3 Å². The summed E-state index contributed by atoms with van der Waals surface area (Å²) >= 11 is 7.45. The molecule has 1 aromatic heterocycles. The minimum atomic E-state index is -0.0920. The number of halogens is 1. The monoisotopic (exact) mass is 431 g/mol. The molecule has 154 valence electrons. The van der Waals surface area contributed by atoms with Gasteiger partial charge in [-0.25, -0.2) is 4.98 Å². The van der Waals surface area contributed by atoms with Gasteiger partial charge in [-0.15, -0.1) is 0 Å². The highest BCUT2D eigenvalue weighted by molar-refractivity contribution is 7.99. The van der Waals surface area contributed by atoms with Crippen LogP contribution in [0.15, 0.2) is 39.9 Å². The van der Waals surface area contributed by atoms with Crippen LogP contribution in [-0.2, 0) is 4.79 Å². The first kappa shape index (κ1) is 20.5. The van der Waals surface area contributed by atoms with Crippen LogP contribution >= 0.6 is 23.4 Å². The summed E-state index contributed by atoms with van der Waals surface area (Å²) in [5.74, 6) is 0.389. The minimum absolute atomic E-state index is 0.0479. The quantitative estimate of drug-likeness (QED) is 0.467. The summed E-state index contributed by atoms with van der Waals surface area (Å²) < 4.78 is 1.68. The fourth-order valence-electron chi connectivity index (χ4n) is 3.88. The second-order valence-corrected chi connectivity index (χ2v) is 9.43. The first-order valence-electron chi connectivity index (χ1n) is 10.3. The maximum atomic E-state index is 13.1. The van der Waals surface area contributed by atoms with E-state index >= 15 is 0 Å². The smallest absolute Gasteiger partial charge is 0.262 e. The maximum Gasteiger partial charge on any atom is 0.262 e. The zero-order chi connectivity index (χ0) is 20.5. The zero-order valence-corrected chi connectivity index (χ0v) is 18.4. The van der Waals surface area contributed by atoms with Gasteiger partial charge in [0.05, 0.1) is 16.7 Å². The Kier molecular flexibility index (Phi) is 6.02. The summed E-state index contributed by atoms with van der Waals surface area (Å²) in [5.41, 5.74) is 1.66. The van der Waals surface area contributed by atoms with Crippen LogP contribution in [0.25, 0.3) is 10.9 Å². The molecule has 29 heavy (non-hydrogen) atoms. The molecule has 2 aliphatic rings. The predicted octanol–water partition coefficient (Wildman–Crippen LogP) is 5.17. The summed E-state index contributed by atoms with van der Waals surface area (Å²) in [4.78, 5) is 32.8. The summed E-state index contributed by atoms with van der Waals surface area (Å²) in [6.07, 6.45) is 8.78. The Labute approximate surface area is 180 Å². The fourth-order valence-corrected chi connectivity index (χ4v) is 5.03. The van der Waals surface area contributed by atoms with E-state index in [2.05, 4.69) is 11.1 Å². The van der Waals surface area contributed by atoms with Gasteiger partial charge in [-0.05, 0) is 70.6 Å². The van der Waals surface area contributed by atoms with Crippen LogP contribution in [0.3, 0.4) is 0 Å². The third kappa shape index (κ3) is 4.38. The Balaban J connectivity index is 1.61. The second kappa shape index (κ2) is 8.52. The Bertz CT molecular complexity index is 1030. The average molecular weight is 432 g/mol. The fraction of sp³-hybridized carbons (Fsp3) is 0.500. The molecule has 2 aliphatic carbocycles. The summed E-state index contributed by atoms with van der Waals surface area (Å²) in [5, 5.41) is 1.66. The average Bonchev–Trinajstić information content (AvgIpc) is 3.51. The number of fused-ring (bicyclic) bond motifs is 1. The molecule has 1 amide bonds. The van der Waals surface area contributed by atoms with Crippen molar-refractivity contribution in [1.82, 2.24) is 14.5 Å². The predicted molar refractivity (Wildman–Crippen MR) is 119 cm³/mol. The van der Waals surface area contributed by atoms with Gasteiger partial charge >= 0.3 is 0 Å². The van der Waals surface area contributed by atoms with E-state index in [4.69, 9.17) is 11.6 Å². The molecule has 0 aliphatic heterocycles. The highest BCUT2D eigenvalue weighted by atomic mass is 35.5. The van der Waals surface area contributed by atoms with Crippen molar-refractivity contribution in [2.24, 2.45) is 0 Å². The molecule has 2 aromatic rings. The lowest BCUT2D eigenvalue weighted by Crippen LogP contribution is -2.34. The number of rotatable bonds is 6. The molecule has 1 aromatic carbocycles. The Morgan fingerprint density at radius 2 is 2.14 bits per heavy atom. The number of carbonyl (C=O) groups is 1. The Morgan fingerprint density at radius 1 is 1.34 bits per heavy atom. The van der Waals surface area contributed by atoms with E-state index in [1.165, 1.54) is 23.9 Å². The van der Waals surface area contributed by atoms with Crippen LogP contribution in [0.5, 0.6) is 0 Å². The number of hydrogen-bond donors (Lipinski definition) is 0. The normalized spacial score (nSPS) is 16.9. The highest BCUT2D eigenvalue weighted by Gasteiger charge is 2.35. The van der Waals surface area contributed by atoms with Crippen LogP contribution in [0.1, 0.15) is 58.4 Å². The lowest BCUT2D eigenvalue weighted by atomic mass is 10.0. The Morgan fingerprint density at radius 3 is 2.79 bits per heavy atom. The highest BCUT2D eigenvalue weighted by Crippen LogP contribution is 2.34. The number of hydrogen-bond acceptors (Lipinski definition) is 4. The summed E-state index contributed by atoms with van der Waals surface area (Å²) in [6.45, 7) is 3.92. The molecule has 0 unspecified atom stereocenters. The van der Waals surface area contributed by atoms with Crippen molar-refractivity contribution in [2.45, 2.75) is 69.6 Å². The molecule has 5 nitrogen and oxygen atoms in total. The molecule has 0 saturated heterocycles. The molecular weight excluding hydrogens is 406 g/mol. The third-order valence-corrected chi connectivity index (χ3v) is 6.60. The van der Waals surface area contributed by atoms with Gasteiger partial charge in [0.1, 0.15) is 0 Å². The first-order valence-corrected chi connectivity index (χ1v) is 11.7. The van der Waals surface area contributed by atoms with Gasteiger partial charge in [-0.2, -0.15) is 0 Å². The minimum Gasteiger partial charge on any atom is -0.313 e. The van der Waals surface area contributed by atoms with Crippen molar-refractivity contribution in [3.63, 3.8) is 0 Å². The van der Waals surface area contributed by atoms with Gasteiger partial charge < -0.3 is 4.90 Å². The van der Waals surface area contributed by atoms with Crippen molar-refractivity contribution >= 4 is 40.2 Å². The molecule has 0 N–H and O–H groups in total. The van der Waals surface area contributed by atoms with Crippen LogP contribution in [0, 0.1) is 0 Å². The van der Waals surface area contributed by atoms with Crippen LogP contribution in [0.2, 0.25) is 5.02 Å². The van der Waals surface area contributed by atoms with Crippen molar-refractivity contribution in [2.75, 3.05) is 5.75 Å². The zero-order valence-electron chi connectivity index (χ0n) is 16.9. The number of allylic oxidation sites excluding steroid dienone is 2. The van der Waals surface area contributed by atoms with E-state index in [0.29, 0.717) is 27.1 Å². The molecule has 1 saturated carbocycles. The van der Waals surface area contributed by atoms with Crippen LogP contribution in [0.4, 0.5) is 0 Å². The van der Waals surface area contributed by atoms with Gasteiger partial charge in [-0.3, -0.25) is 14.2 Å². The Hall–Kier alpha value is -1.79. The largest absolute Gasteiger partial charge is 0.313 e. The molecule has 1 fully saturated rings. The molecule has 0 spiro atoms. The molecule has 1 heterocycles. The van der Waals surface area contributed by atoms with Gasteiger partial charge in [0.15, 0.2) is 5.16 Å². The van der Waals surface area contributed by atoms with E-state index in [0.717, 1.165) is 32.1 Å². The third-order valence-electron chi connectivity index (χ3n) is 5.43. The summed E-state index contributed by atoms with van der Waals surface area (Å²) in [6, 6.07) is 5.43. The van der Waals surface area contributed by atoms with Gasteiger partial charge in [-0.1, -0.05) is 29.4 Å². The topological polar surface area (TPSA) is 55.2 Å². The van der Waals surface area contributed by atoms with Gasteiger partial charge in [0.25, 0.3) is 5.56 Å². The van der Waals surface area contributed by atoms with Gasteiger partial charge in [0, 0.05) is 22.8 Å². The van der Waals surface area contributed by atoms with E-state index in [-0.39, 0.29) is 23.3 Å². The number of benzene rings is 1. The standard InChI is InChI=1S/C22H26ClN3O2S/c1-14(2)25-21(28)18-11-8-15(23)12-19(18)24-22(25)29-13-20(27)26(17-9-10-17)16-6-4-3-5-7-16/h6,8,11-12,14,17H,3-5,7,9-10,13H2,1-2H3. The van der Waals surface area contributed by atoms with E-state index in [1.807, 2.05) is 18.7 Å². The number of carbonyl (C=O) groups excluding carboxylic acids is 1. The van der Waals surface area contributed by atoms with E-state index in [9.17, 15) is 9.59 Å². The van der Waals surface area contributed by atoms with Crippen LogP contribution < -0.4 is 5.56 Å². The lowest BCUT2D eigenvalue weighted by molar-refractivity contribution is -0.127. The summed E-state index contributed by atoms with van der Waals surface area (Å²) in [7, 11) is 0. The second-order valence-electron chi connectivity index (χ2n) is 8.05. The van der Waals surface area contributed by atoms with E-state index < -0.39 is 0 Å². The number of nitrogens with zero attached hydrogens (tertiary/aromatic N) is 3. The van der Waals surface area contributed by atoms with Gasteiger partial charge in [0.2, 0.25) is 5.91 Å². The SMILES string of the molecule is CC(C)n1c(SCC(=O)N(C2=CCCCC2)C2CC2)nc2cc(Cl)ccc2c1=O. The number of thioether (sulfide) groups is 1. The molecule has 7 heteroatoms. The molecule has 0 atom stereocenters. The van der Waals surface area contributed by atoms with Crippen molar-refractivity contribution in [3.8, 4) is 0 Å². The molecule has 4 rings (SSSR count). The lowest BCUT2D eigenvalue weighted by Gasteiger charge is -2.28. The first-order chi connectivity index (χ1) is 14.0. The van der Waals surface area contributed by atoms with Crippen LogP contribution in [-0.4, -0.2) is 32.2 Å². The maximum absolute atomic E-state index is 13.1.